The van der Waals surface area contributed by atoms with Gasteiger partial charge in [0.1, 0.15) is 0 Å². The summed E-state index contributed by atoms with van der Waals surface area (Å²) in [5.74, 6) is -0.506. The summed E-state index contributed by atoms with van der Waals surface area (Å²) in [6.45, 7) is 4.18. The van der Waals surface area contributed by atoms with Gasteiger partial charge in [0.15, 0.2) is 0 Å². The van der Waals surface area contributed by atoms with Gasteiger partial charge in [0.2, 0.25) is 5.91 Å². The molecule has 0 saturated heterocycles. The average molecular weight is 350 g/mol. The maximum atomic E-state index is 12.6. The Bertz CT molecular complexity index is 627. The average Bonchev–Trinajstić information content (AvgIpc) is 2.42. The van der Waals surface area contributed by atoms with Crippen LogP contribution in [0.25, 0.3) is 0 Å². The summed E-state index contributed by atoms with van der Waals surface area (Å²) in [5, 5.41) is 12.9. The van der Waals surface area contributed by atoms with E-state index < -0.39 is 5.97 Å². The molecule has 130 valence electrons. The van der Waals surface area contributed by atoms with Crippen molar-refractivity contribution in [3.05, 3.63) is 34.9 Å². The first-order chi connectivity index (χ1) is 11.3. The first kappa shape index (κ1) is 17.3. The van der Waals surface area contributed by atoms with Gasteiger partial charge in [-0.25, -0.2) is 0 Å². The fourth-order valence-electron chi connectivity index (χ4n) is 4.24. The number of carbonyl (C=O) groups excluding carboxylic acids is 1. The maximum Gasteiger partial charge on any atom is 0.306 e. The molecule has 2 N–H and O–H groups in total. The van der Waals surface area contributed by atoms with E-state index in [9.17, 15) is 9.59 Å². The number of hydrogen-bond acceptors (Lipinski definition) is 2. The number of aliphatic carboxylic acids is 1. The van der Waals surface area contributed by atoms with Gasteiger partial charge in [-0.1, -0.05) is 37.6 Å². The van der Waals surface area contributed by atoms with Crippen LogP contribution in [0.5, 0.6) is 0 Å². The molecule has 3 rings (SSSR count). The van der Waals surface area contributed by atoms with E-state index >= 15 is 0 Å². The number of carbonyl (C=O) groups is 2. The van der Waals surface area contributed by atoms with Gasteiger partial charge >= 0.3 is 5.97 Å². The molecule has 2 aliphatic carbocycles. The van der Waals surface area contributed by atoms with Gasteiger partial charge < -0.3 is 10.4 Å². The normalized spacial score (nSPS) is 29.7. The van der Waals surface area contributed by atoms with Crippen molar-refractivity contribution in [3.63, 3.8) is 0 Å². The molecule has 0 heterocycles. The fourth-order valence-corrected chi connectivity index (χ4v) is 4.37. The van der Waals surface area contributed by atoms with Gasteiger partial charge in [0.25, 0.3) is 0 Å². The third-order valence-electron chi connectivity index (χ3n) is 5.63. The summed E-state index contributed by atoms with van der Waals surface area (Å²) in [5.41, 5.74) is 1.19. The molecule has 24 heavy (non-hydrogen) atoms. The van der Waals surface area contributed by atoms with E-state index in [1.54, 1.807) is 0 Å². The molecule has 1 unspecified atom stereocenters. The number of halogens is 1. The van der Waals surface area contributed by atoms with Crippen molar-refractivity contribution in [3.8, 4) is 0 Å². The van der Waals surface area contributed by atoms with Crippen LogP contribution in [0.1, 0.15) is 51.1 Å². The van der Waals surface area contributed by atoms with E-state index in [1.165, 1.54) is 0 Å². The molecule has 1 aromatic carbocycles. The number of amides is 1. The molecular formula is C19H24ClNO3. The summed E-state index contributed by atoms with van der Waals surface area (Å²) in [6, 6.07) is 7.58. The number of carboxylic acid groups (broad SMARTS) is 1. The Labute approximate surface area is 147 Å². The van der Waals surface area contributed by atoms with Gasteiger partial charge in [-0.2, -0.15) is 0 Å². The minimum atomic E-state index is -0.698. The number of carboxylic acids is 1. The Kier molecular flexibility index (Phi) is 4.60. The highest BCUT2D eigenvalue weighted by atomic mass is 35.5. The molecule has 1 spiro atoms. The van der Waals surface area contributed by atoms with Crippen LogP contribution in [0, 0.1) is 23.2 Å². The van der Waals surface area contributed by atoms with Crippen molar-refractivity contribution in [1.82, 2.24) is 5.32 Å². The van der Waals surface area contributed by atoms with Gasteiger partial charge in [0, 0.05) is 10.9 Å². The lowest BCUT2D eigenvalue weighted by atomic mass is 9.48. The van der Waals surface area contributed by atoms with E-state index in [1.807, 2.05) is 24.3 Å². The van der Waals surface area contributed by atoms with Crippen LogP contribution in [0.2, 0.25) is 5.02 Å². The second-order valence-electron chi connectivity index (χ2n) is 7.83. The Morgan fingerprint density at radius 2 is 1.67 bits per heavy atom. The molecule has 0 aliphatic heterocycles. The van der Waals surface area contributed by atoms with Crippen LogP contribution in [0.3, 0.4) is 0 Å². The van der Waals surface area contributed by atoms with Crippen molar-refractivity contribution in [1.29, 1.82) is 0 Å². The topological polar surface area (TPSA) is 66.4 Å². The second-order valence-corrected chi connectivity index (χ2v) is 8.27. The Morgan fingerprint density at radius 3 is 2.17 bits per heavy atom. The standard InChI is InChI=1S/C19H24ClNO3/c1-11(2)16(12-3-5-15(20)6-4-12)21-17(22)13-7-19(8-13)9-14(10-19)18(23)24/h3-6,11,13-14,16H,7-10H2,1-2H3,(H,21,22)(H,23,24). The minimum absolute atomic E-state index is 0.0216. The summed E-state index contributed by atoms with van der Waals surface area (Å²) >= 11 is 5.94. The third-order valence-corrected chi connectivity index (χ3v) is 5.88. The summed E-state index contributed by atoms with van der Waals surface area (Å²) < 4.78 is 0. The predicted octanol–water partition coefficient (Wildman–Crippen LogP) is 4.04. The van der Waals surface area contributed by atoms with E-state index in [0.717, 1.165) is 31.2 Å². The third kappa shape index (κ3) is 3.30. The zero-order valence-electron chi connectivity index (χ0n) is 14.1. The number of rotatable bonds is 5. The van der Waals surface area contributed by atoms with Crippen LogP contribution in [-0.2, 0) is 9.59 Å². The van der Waals surface area contributed by atoms with Gasteiger partial charge in [-0.15, -0.1) is 0 Å². The first-order valence-electron chi connectivity index (χ1n) is 8.58. The van der Waals surface area contributed by atoms with Gasteiger partial charge in [-0.3, -0.25) is 9.59 Å². The summed E-state index contributed by atoms with van der Waals surface area (Å²) in [4.78, 5) is 23.5. The highest BCUT2D eigenvalue weighted by Gasteiger charge is 2.56. The molecule has 0 aromatic heterocycles. The van der Waals surface area contributed by atoms with Crippen molar-refractivity contribution in [2.24, 2.45) is 23.2 Å². The molecule has 1 atom stereocenters. The molecule has 1 amide bonds. The van der Waals surface area contributed by atoms with Gasteiger partial charge in [-0.05, 0) is 54.7 Å². The highest BCUT2D eigenvalue weighted by Crippen LogP contribution is 2.61. The fraction of sp³-hybridized carbons (Fsp3) is 0.579. The van der Waals surface area contributed by atoms with E-state index in [4.69, 9.17) is 16.7 Å². The molecular weight excluding hydrogens is 326 g/mol. The van der Waals surface area contributed by atoms with E-state index in [2.05, 4.69) is 19.2 Å². The quantitative estimate of drug-likeness (QED) is 0.842. The zero-order valence-corrected chi connectivity index (χ0v) is 14.8. The van der Waals surface area contributed by atoms with Crippen LogP contribution < -0.4 is 5.32 Å². The van der Waals surface area contributed by atoms with Crippen molar-refractivity contribution in [2.75, 3.05) is 0 Å². The van der Waals surface area contributed by atoms with Crippen molar-refractivity contribution < 1.29 is 14.7 Å². The SMILES string of the molecule is CC(C)C(NC(=O)C1CC2(CC(C(=O)O)C2)C1)c1ccc(Cl)cc1. The van der Waals surface area contributed by atoms with Crippen LogP contribution in [-0.4, -0.2) is 17.0 Å². The lowest BCUT2D eigenvalue weighted by Gasteiger charge is -2.56. The second kappa shape index (κ2) is 6.40. The highest BCUT2D eigenvalue weighted by molar-refractivity contribution is 6.30. The molecule has 2 saturated carbocycles. The zero-order chi connectivity index (χ0) is 17.5. The number of benzene rings is 1. The molecule has 4 nitrogen and oxygen atoms in total. The lowest BCUT2D eigenvalue weighted by molar-refractivity contribution is -0.161. The van der Waals surface area contributed by atoms with Crippen molar-refractivity contribution in [2.45, 2.75) is 45.6 Å². The molecule has 2 aliphatic rings. The Hall–Kier alpha value is -1.55. The summed E-state index contributed by atoms with van der Waals surface area (Å²) in [7, 11) is 0. The molecule has 0 radical (unpaired) electrons. The van der Waals surface area contributed by atoms with E-state index in [0.29, 0.717) is 5.02 Å². The Morgan fingerprint density at radius 1 is 1.12 bits per heavy atom. The van der Waals surface area contributed by atoms with Crippen molar-refractivity contribution >= 4 is 23.5 Å². The molecule has 1 aromatic rings. The predicted molar refractivity (Wildman–Crippen MR) is 92.7 cm³/mol. The van der Waals surface area contributed by atoms with E-state index in [-0.39, 0.29) is 35.1 Å². The molecule has 5 heteroatoms. The molecule has 0 bridgehead atoms. The number of hydrogen-bond donors (Lipinski definition) is 2. The van der Waals surface area contributed by atoms with Crippen LogP contribution in [0.4, 0.5) is 0 Å². The van der Waals surface area contributed by atoms with Crippen LogP contribution >= 0.6 is 11.6 Å². The molecule has 2 fully saturated rings. The monoisotopic (exact) mass is 349 g/mol. The largest absolute Gasteiger partial charge is 0.481 e. The van der Waals surface area contributed by atoms with Crippen LogP contribution in [0.15, 0.2) is 24.3 Å². The number of nitrogens with one attached hydrogen (secondary N) is 1. The minimum Gasteiger partial charge on any atom is -0.481 e. The smallest absolute Gasteiger partial charge is 0.306 e. The Balaban J connectivity index is 1.56. The maximum absolute atomic E-state index is 12.6. The first-order valence-corrected chi connectivity index (χ1v) is 8.96. The van der Waals surface area contributed by atoms with Gasteiger partial charge in [0.05, 0.1) is 12.0 Å². The summed E-state index contributed by atoms with van der Waals surface area (Å²) in [6.07, 6.45) is 3.12. The lowest BCUT2D eigenvalue weighted by Crippen LogP contribution is -2.54.